The third-order valence-corrected chi connectivity index (χ3v) is 2.80. The fourth-order valence-corrected chi connectivity index (χ4v) is 1.13. The van der Waals surface area contributed by atoms with Gasteiger partial charge in [0, 0.05) is 25.6 Å². The summed E-state index contributed by atoms with van der Waals surface area (Å²) in [5.41, 5.74) is 0. The minimum absolute atomic E-state index is 0.222. The molecule has 0 aliphatic rings. The minimum atomic E-state index is 0.222. The third kappa shape index (κ3) is 10.5. The molecule has 0 rings (SSSR count). The van der Waals surface area contributed by atoms with Gasteiger partial charge in [0.2, 0.25) is 0 Å². The highest BCUT2D eigenvalue weighted by molar-refractivity contribution is 6.20. The van der Waals surface area contributed by atoms with Crippen LogP contribution < -0.4 is 5.32 Å². The lowest BCUT2D eigenvalue weighted by Gasteiger charge is -2.13. The van der Waals surface area contributed by atoms with E-state index in [1.54, 1.807) is 7.11 Å². The Balaban J connectivity index is 3.05. The summed E-state index contributed by atoms with van der Waals surface area (Å²) in [5.74, 6) is 0.525. The highest BCUT2D eigenvalue weighted by atomic mass is 35.5. The first-order valence-electron chi connectivity index (χ1n) is 5.60. The Morgan fingerprint density at radius 2 is 1.93 bits per heavy atom. The summed E-state index contributed by atoms with van der Waals surface area (Å²) in [7, 11) is 1.68. The summed E-state index contributed by atoms with van der Waals surface area (Å²) >= 11 is 6.09. The van der Waals surface area contributed by atoms with Crippen LogP contribution in [0.25, 0.3) is 0 Å². The van der Waals surface area contributed by atoms with Crippen molar-refractivity contribution in [3.8, 4) is 0 Å². The molecular formula is C11H24ClNO2. The molecule has 0 saturated carbocycles. The van der Waals surface area contributed by atoms with Gasteiger partial charge in [-0.3, -0.25) is 0 Å². The molecule has 1 atom stereocenters. The van der Waals surface area contributed by atoms with Crippen LogP contribution in [-0.2, 0) is 9.47 Å². The normalized spacial score (nSPS) is 13.4. The maximum absolute atomic E-state index is 6.09. The highest BCUT2D eigenvalue weighted by Gasteiger charge is 2.07. The van der Waals surface area contributed by atoms with Crippen molar-refractivity contribution >= 4 is 11.6 Å². The fraction of sp³-hybridized carbons (Fsp3) is 1.00. The van der Waals surface area contributed by atoms with E-state index in [2.05, 4.69) is 19.2 Å². The molecule has 0 fully saturated rings. The number of alkyl halides is 1. The largest absolute Gasteiger partial charge is 0.382 e. The molecule has 1 N–H and O–H groups in total. The van der Waals surface area contributed by atoms with Gasteiger partial charge in [-0.25, -0.2) is 0 Å². The van der Waals surface area contributed by atoms with E-state index in [0.717, 1.165) is 26.1 Å². The predicted molar refractivity (Wildman–Crippen MR) is 64.7 cm³/mol. The number of rotatable bonds is 10. The van der Waals surface area contributed by atoms with E-state index < -0.39 is 0 Å². The molecule has 0 aromatic carbocycles. The molecule has 4 heteroatoms. The monoisotopic (exact) mass is 237 g/mol. The number of nitrogens with one attached hydrogen (secondary N) is 1. The Labute approximate surface area is 98.5 Å². The molecule has 0 spiro atoms. The van der Waals surface area contributed by atoms with Crippen molar-refractivity contribution in [2.45, 2.75) is 25.6 Å². The van der Waals surface area contributed by atoms with Crippen molar-refractivity contribution in [3.63, 3.8) is 0 Å². The van der Waals surface area contributed by atoms with Gasteiger partial charge in [0.25, 0.3) is 0 Å². The summed E-state index contributed by atoms with van der Waals surface area (Å²) in [5, 5.41) is 3.54. The number of methoxy groups -OCH3 is 1. The lowest BCUT2D eigenvalue weighted by molar-refractivity contribution is 0.0695. The molecule has 0 aliphatic heterocycles. The zero-order valence-corrected chi connectivity index (χ0v) is 10.8. The average molecular weight is 238 g/mol. The van der Waals surface area contributed by atoms with Crippen molar-refractivity contribution in [2.75, 3.05) is 40.0 Å². The number of ether oxygens (including phenoxy) is 2. The van der Waals surface area contributed by atoms with Crippen LogP contribution in [-0.4, -0.2) is 45.4 Å². The Morgan fingerprint density at radius 1 is 1.20 bits per heavy atom. The molecule has 0 aromatic heterocycles. The van der Waals surface area contributed by atoms with Crippen molar-refractivity contribution in [3.05, 3.63) is 0 Å². The maximum atomic E-state index is 6.09. The van der Waals surface area contributed by atoms with E-state index in [-0.39, 0.29) is 5.38 Å². The Bertz CT molecular complexity index is 134. The standard InChI is InChI=1S/C11H24ClNO2/c1-10(2)11(12)9-13-5-4-6-15-8-7-14-3/h10-11,13H,4-9H2,1-3H3. The molecular weight excluding hydrogens is 214 g/mol. The second-order valence-corrected chi connectivity index (χ2v) is 4.48. The van der Waals surface area contributed by atoms with Crippen LogP contribution in [0.5, 0.6) is 0 Å². The van der Waals surface area contributed by atoms with Gasteiger partial charge in [0.15, 0.2) is 0 Å². The van der Waals surface area contributed by atoms with Gasteiger partial charge in [0.1, 0.15) is 0 Å². The quantitative estimate of drug-likeness (QED) is 0.465. The second-order valence-electron chi connectivity index (χ2n) is 3.92. The lowest BCUT2D eigenvalue weighted by atomic mass is 10.1. The van der Waals surface area contributed by atoms with Gasteiger partial charge in [-0.1, -0.05) is 13.8 Å². The van der Waals surface area contributed by atoms with Crippen LogP contribution in [0.4, 0.5) is 0 Å². The van der Waals surface area contributed by atoms with Gasteiger partial charge in [0.05, 0.1) is 13.2 Å². The first-order valence-corrected chi connectivity index (χ1v) is 6.03. The Morgan fingerprint density at radius 3 is 2.53 bits per heavy atom. The van der Waals surface area contributed by atoms with Gasteiger partial charge >= 0.3 is 0 Å². The molecule has 0 heterocycles. The summed E-state index contributed by atoms with van der Waals surface area (Å²) in [6.07, 6.45) is 1.02. The fourth-order valence-electron chi connectivity index (χ4n) is 1.02. The van der Waals surface area contributed by atoms with E-state index >= 15 is 0 Å². The van der Waals surface area contributed by atoms with Crippen LogP contribution in [0.2, 0.25) is 0 Å². The van der Waals surface area contributed by atoms with E-state index in [4.69, 9.17) is 21.1 Å². The summed E-state index contributed by atoms with van der Waals surface area (Å²) < 4.78 is 10.2. The molecule has 92 valence electrons. The maximum Gasteiger partial charge on any atom is 0.0700 e. The predicted octanol–water partition coefficient (Wildman–Crippen LogP) is 1.89. The highest BCUT2D eigenvalue weighted by Crippen LogP contribution is 2.07. The summed E-state index contributed by atoms with van der Waals surface area (Å²) in [6.45, 7) is 8.23. The summed E-state index contributed by atoms with van der Waals surface area (Å²) in [6, 6.07) is 0. The second kappa shape index (κ2) is 10.7. The van der Waals surface area contributed by atoms with E-state index in [1.165, 1.54) is 0 Å². The van der Waals surface area contributed by atoms with Crippen LogP contribution in [0.1, 0.15) is 20.3 Å². The number of hydrogen-bond acceptors (Lipinski definition) is 3. The van der Waals surface area contributed by atoms with Crippen molar-refractivity contribution < 1.29 is 9.47 Å². The van der Waals surface area contributed by atoms with E-state index in [9.17, 15) is 0 Å². The molecule has 15 heavy (non-hydrogen) atoms. The first kappa shape index (κ1) is 15.2. The summed E-state index contributed by atoms with van der Waals surface area (Å²) in [4.78, 5) is 0. The van der Waals surface area contributed by atoms with Gasteiger partial charge in [-0.15, -0.1) is 11.6 Å². The van der Waals surface area contributed by atoms with Crippen molar-refractivity contribution in [2.24, 2.45) is 5.92 Å². The molecule has 0 saturated heterocycles. The van der Waals surface area contributed by atoms with Crippen molar-refractivity contribution in [1.82, 2.24) is 5.32 Å². The van der Waals surface area contributed by atoms with Crippen molar-refractivity contribution in [1.29, 1.82) is 0 Å². The molecule has 3 nitrogen and oxygen atoms in total. The number of hydrogen-bond donors (Lipinski definition) is 1. The topological polar surface area (TPSA) is 30.5 Å². The zero-order chi connectivity index (χ0) is 11.5. The molecule has 1 unspecified atom stereocenters. The Kier molecular flexibility index (Phi) is 10.8. The third-order valence-electron chi connectivity index (χ3n) is 2.14. The van der Waals surface area contributed by atoms with E-state index in [0.29, 0.717) is 19.1 Å². The Hall–Kier alpha value is 0.170. The van der Waals surface area contributed by atoms with Crippen LogP contribution in [0.15, 0.2) is 0 Å². The van der Waals surface area contributed by atoms with Gasteiger partial charge in [-0.2, -0.15) is 0 Å². The van der Waals surface area contributed by atoms with Crippen LogP contribution >= 0.6 is 11.6 Å². The van der Waals surface area contributed by atoms with Crippen LogP contribution in [0.3, 0.4) is 0 Å². The molecule has 0 bridgehead atoms. The van der Waals surface area contributed by atoms with Gasteiger partial charge < -0.3 is 14.8 Å². The lowest BCUT2D eigenvalue weighted by Crippen LogP contribution is -2.28. The van der Waals surface area contributed by atoms with Crippen LogP contribution in [0, 0.1) is 5.92 Å². The number of halogens is 1. The minimum Gasteiger partial charge on any atom is -0.382 e. The SMILES string of the molecule is COCCOCCCNCC(Cl)C(C)C. The van der Waals surface area contributed by atoms with E-state index in [1.807, 2.05) is 0 Å². The molecule has 0 amide bonds. The first-order chi connectivity index (χ1) is 7.18. The van der Waals surface area contributed by atoms with Gasteiger partial charge in [-0.05, 0) is 18.9 Å². The molecule has 0 radical (unpaired) electrons. The zero-order valence-electron chi connectivity index (χ0n) is 10.1. The smallest absolute Gasteiger partial charge is 0.0700 e. The molecule has 0 aliphatic carbocycles. The molecule has 0 aromatic rings. The average Bonchev–Trinajstić information content (AvgIpc) is 2.21.